The van der Waals surface area contributed by atoms with Gasteiger partial charge in [-0.2, -0.15) is 0 Å². The Morgan fingerprint density at radius 2 is 1.60 bits per heavy atom. The molecule has 0 N–H and O–H groups in total. The van der Waals surface area contributed by atoms with Gasteiger partial charge in [0.05, 0.1) is 21.1 Å². The summed E-state index contributed by atoms with van der Waals surface area (Å²) in [6.07, 6.45) is 8.94. The standard InChI is InChI=1S/C20H39NO4/c1-6-7-8-9-12-17(2)13-10-11-14-20(24)25-18(15-19(22)23)16-21(3,4)5/h17-18H,6-16H2,1-5H3. The number of carbonyl (C=O) groups excluding carboxylic acids is 2. The number of hydrogen-bond donors (Lipinski definition) is 0. The van der Waals surface area contributed by atoms with Gasteiger partial charge in [-0.25, -0.2) is 0 Å². The van der Waals surface area contributed by atoms with Crippen molar-refractivity contribution in [3.05, 3.63) is 0 Å². The van der Waals surface area contributed by atoms with Crippen LogP contribution in [-0.4, -0.2) is 50.2 Å². The topological polar surface area (TPSA) is 66.4 Å². The van der Waals surface area contributed by atoms with Gasteiger partial charge in [0.25, 0.3) is 0 Å². The zero-order valence-corrected chi connectivity index (χ0v) is 17.0. The molecular formula is C20H39NO4. The van der Waals surface area contributed by atoms with E-state index in [0.29, 0.717) is 23.4 Å². The normalized spacial score (nSPS) is 14.1. The van der Waals surface area contributed by atoms with Gasteiger partial charge in [0.15, 0.2) is 6.10 Å². The van der Waals surface area contributed by atoms with E-state index >= 15 is 0 Å². The van der Waals surface area contributed by atoms with Crippen LogP contribution in [0.25, 0.3) is 0 Å². The maximum absolute atomic E-state index is 12.0. The number of likely N-dealkylation sites (N-methyl/N-ethyl adjacent to an activating group) is 1. The minimum absolute atomic E-state index is 0.240. The van der Waals surface area contributed by atoms with E-state index in [1.54, 1.807) is 0 Å². The molecule has 0 aromatic carbocycles. The lowest BCUT2D eigenvalue weighted by Gasteiger charge is -2.29. The zero-order valence-electron chi connectivity index (χ0n) is 17.0. The maximum atomic E-state index is 12.0. The molecule has 0 fully saturated rings. The van der Waals surface area contributed by atoms with Crippen molar-refractivity contribution in [3.8, 4) is 0 Å². The van der Waals surface area contributed by atoms with E-state index in [1.807, 2.05) is 21.1 Å². The van der Waals surface area contributed by atoms with Crippen LogP contribution in [0.3, 0.4) is 0 Å². The van der Waals surface area contributed by atoms with Crippen molar-refractivity contribution in [1.29, 1.82) is 0 Å². The highest BCUT2D eigenvalue weighted by atomic mass is 16.5. The van der Waals surface area contributed by atoms with E-state index in [9.17, 15) is 14.7 Å². The lowest BCUT2D eigenvalue weighted by atomic mass is 9.96. The van der Waals surface area contributed by atoms with Crippen LogP contribution in [0.5, 0.6) is 0 Å². The molecular weight excluding hydrogens is 318 g/mol. The molecule has 0 bridgehead atoms. The molecule has 0 radical (unpaired) electrons. The second kappa shape index (κ2) is 13.2. The van der Waals surface area contributed by atoms with Crippen molar-refractivity contribution in [2.75, 3.05) is 27.7 Å². The molecule has 0 aliphatic carbocycles. The molecule has 25 heavy (non-hydrogen) atoms. The number of unbranched alkanes of at least 4 members (excludes halogenated alkanes) is 4. The van der Waals surface area contributed by atoms with Gasteiger partial charge in [0.1, 0.15) is 6.54 Å². The number of quaternary nitrogens is 1. The molecule has 0 saturated heterocycles. The predicted octanol–water partition coefficient (Wildman–Crippen LogP) is 2.91. The van der Waals surface area contributed by atoms with Gasteiger partial charge >= 0.3 is 5.97 Å². The summed E-state index contributed by atoms with van der Waals surface area (Å²) >= 11 is 0. The Balaban J connectivity index is 3.97. The third-order valence-electron chi connectivity index (χ3n) is 4.32. The minimum Gasteiger partial charge on any atom is -0.550 e. The molecule has 5 heteroatoms. The predicted molar refractivity (Wildman–Crippen MR) is 98.8 cm³/mol. The Labute approximate surface area is 154 Å². The SMILES string of the molecule is CCCCCCC(C)CCCCC(=O)OC(CC(=O)[O-])C[N+](C)(C)C. The van der Waals surface area contributed by atoms with Crippen molar-refractivity contribution in [2.24, 2.45) is 5.92 Å². The number of esters is 1. The monoisotopic (exact) mass is 357 g/mol. The Kier molecular flexibility index (Phi) is 12.6. The lowest BCUT2D eigenvalue weighted by molar-refractivity contribution is -0.873. The molecule has 148 valence electrons. The van der Waals surface area contributed by atoms with Crippen LogP contribution in [0.15, 0.2) is 0 Å². The molecule has 2 atom stereocenters. The fraction of sp³-hybridized carbons (Fsp3) is 0.900. The summed E-state index contributed by atoms with van der Waals surface area (Å²) in [7, 11) is 5.83. The molecule has 2 unspecified atom stereocenters. The highest BCUT2D eigenvalue weighted by Gasteiger charge is 2.22. The van der Waals surface area contributed by atoms with E-state index in [-0.39, 0.29) is 12.4 Å². The molecule has 0 spiro atoms. The quantitative estimate of drug-likeness (QED) is 0.257. The number of carbonyl (C=O) groups is 2. The molecule has 5 nitrogen and oxygen atoms in total. The number of rotatable bonds is 15. The summed E-state index contributed by atoms with van der Waals surface area (Å²) in [5.41, 5.74) is 0. The van der Waals surface area contributed by atoms with Crippen molar-refractivity contribution >= 4 is 11.9 Å². The largest absolute Gasteiger partial charge is 0.550 e. The Morgan fingerprint density at radius 3 is 2.12 bits per heavy atom. The summed E-state index contributed by atoms with van der Waals surface area (Å²) in [6, 6.07) is 0. The maximum Gasteiger partial charge on any atom is 0.306 e. The first-order chi connectivity index (χ1) is 11.6. The molecule has 0 aromatic rings. The second-order valence-corrected chi connectivity index (χ2v) is 8.36. The highest BCUT2D eigenvalue weighted by molar-refractivity contribution is 5.70. The first-order valence-electron chi connectivity index (χ1n) is 9.83. The number of nitrogens with zero attached hydrogens (tertiary/aromatic N) is 1. The van der Waals surface area contributed by atoms with Crippen LogP contribution in [0.1, 0.15) is 78.1 Å². The van der Waals surface area contributed by atoms with E-state index in [1.165, 1.54) is 32.1 Å². The van der Waals surface area contributed by atoms with Crippen molar-refractivity contribution in [3.63, 3.8) is 0 Å². The third-order valence-corrected chi connectivity index (χ3v) is 4.32. The number of hydrogen-bond acceptors (Lipinski definition) is 4. The smallest absolute Gasteiger partial charge is 0.306 e. The first-order valence-corrected chi connectivity index (χ1v) is 9.83. The zero-order chi connectivity index (χ0) is 19.3. The summed E-state index contributed by atoms with van der Waals surface area (Å²) in [6.45, 7) is 4.97. The van der Waals surface area contributed by atoms with Gasteiger partial charge in [-0.1, -0.05) is 58.8 Å². The molecule has 0 saturated carbocycles. The van der Waals surface area contributed by atoms with E-state index in [2.05, 4.69) is 13.8 Å². The summed E-state index contributed by atoms with van der Waals surface area (Å²) in [4.78, 5) is 22.8. The second-order valence-electron chi connectivity index (χ2n) is 8.36. The summed E-state index contributed by atoms with van der Waals surface area (Å²) in [5.74, 6) is -0.768. The van der Waals surface area contributed by atoms with Crippen LogP contribution in [-0.2, 0) is 14.3 Å². The van der Waals surface area contributed by atoms with Crippen LogP contribution < -0.4 is 5.11 Å². The Morgan fingerprint density at radius 1 is 1.00 bits per heavy atom. The van der Waals surface area contributed by atoms with E-state index in [0.717, 1.165) is 19.3 Å². The average molecular weight is 358 g/mol. The average Bonchev–Trinajstić information content (AvgIpc) is 2.45. The number of aliphatic carboxylic acids is 1. The Bertz CT molecular complexity index is 376. The van der Waals surface area contributed by atoms with Crippen LogP contribution >= 0.6 is 0 Å². The van der Waals surface area contributed by atoms with Gasteiger partial charge < -0.3 is 19.1 Å². The van der Waals surface area contributed by atoms with Gasteiger partial charge in [-0.05, 0) is 12.3 Å². The van der Waals surface area contributed by atoms with E-state index in [4.69, 9.17) is 4.74 Å². The van der Waals surface area contributed by atoms with Crippen molar-refractivity contribution in [2.45, 2.75) is 84.2 Å². The van der Waals surface area contributed by atoms with Crippen molar-refractivity contribution in [1.82, 2.24) is 0 Å². The molecule has 0 aliphatic heterocycles. The number of ether oxygens (including phenoxy) is 1. The number of carboxylic acids is 1. The van der Waals surface area contributed by atoms with Crippen LogP contribution in [0.4, 0.5) is 0 Å². The van der Waals surface area contributed by atoms with E-state index < -0.39 is 12.1 Å². The van der Waals surface area contributed by atoms with Gasteiger partial charge in [-0.3, -0.25) is 4.79 Å². The number of carboxylic acid groups (broad SMARTS) is 1. The van der Waals surface area contributed by atoms with Crippen LogP contribution in [0.2, 0.25) is 0 Å². The van der Waals surface area contributed by atoms with Crippen LogP contribution in [0, 0.1) is 5.92 Å². The Hall–Kier alpha value is -1.10. The fourth-order valence-electron chi connectivity index (χ4n) is 3.01. The first kappa shape index (κ1) is 23.9. The minimum atomic E-state index is -1.18. The molecule has 0 rings (SSSR count). The molecule has 0 aromatic heterocycles. The fourth-order valence-corrected chi connectivity index (χ4v) is 3.01. The van der Waals surface area contributed by atoms with Crippen molar-refractivity contribution < 1.29 is 23.9 Å². The molecule has 0 heterocycles. The van der Waals surface area contributed by atoms with Gasteiger partial charge in [-0.15, -0.1) is 0 Å². The summed E-state index contributed by atoms with van der Waals surface area (Å²) < 4.78 is 5.90. The molecule has 0 aliphatic rings. The highest BCUT2D eigenvalue weighted by Crippen LogP contribution is 2.17. The summed E-state index contributed by atoms with van der Waals surface area (Å²) in [5, 5.41) is 10.8. The van der Waals surface area contributed by atoms with Gasteiger partial charge in [0, 0.05) is 18.8 Å². The molecule has 0 amide bonds. The third kappa shape index (κ3) is 16.1. The van der Waals surface area contributed by atoms with Gasteiger partial charge in [0.2, 0.25) is 0 Å². The lowest BCUT2D eigenvalue weighted by Crippen LogP contribution is -2.45.